The molecule has 1 saturated heterocycles. The van der Waals surface area contributed by atoms with E-state index in [-0.39, 0.29) is 17.4 Å². The van der Waals surface area contributed by atoms with E-state index < -0.39 is 0 Å². The molecule has 1 aliphatic rings. The molecule has 1 aliphatic heterocycles. The van der Waals surface area contributed by atoms with Gasteiger partial charge in [-0.3, -0.25) is 9.69 Å². The van der Waals surface area contributed by atoms with Crippen molar-refractivity contribution < 1.29 is 14.6 Å². The summed E-state index contributed by atoms with van der Waals surface area (Å²) >= 11 is 18.4. The first-order valence-corrected chi connectivity index (χ1v) is 8.99. The number of thioether (sulfide) groups is 1. The number of thiocarbonyl (C=S) groups is 1. The molecule has 2 aromatic rings. The molecule has 1 heterocycles. The molecule has 8 heteroatoms. The highest BCUT2D eigenvalue weighted by molar-refractivity contribution is 8.27. The number of aromatic hydroxyl groups is 1. The maximum atomic E-state index is 12.7. The molecule has 0 aliphatic carbocycles. The molecular formula is C17H11Cl2NO3S2. The third-order valence-electron chi connectivity index (χ3n) is 3.45. The topological polar surface area (TPSA) is 49.8 Å². The van der Waals surface area contributed by atoms with Crippen molar-refractivity contribution in [1.82, 2.24) is 0 Å². The van der Waals surface area contributed by atoms with Crippen molar-refractivity contribution >= 4 is 69.2 Å². The number of phenols is 1. The Morgan fingerprint density at radius 1 is 1.20 bits per heavy atom. The number of ether oxygens (including phenoxy) is 1. The lowest BCUT2D eigenvalue weighted by atomic mass is 10.1. The Balaban J connectivity index is 1.99. The highest BCUT2D eigenvalue weighted by Crippen LogP contribution is 2.40. The van der Waals surface area contributed by atoms with Crippen molar-refractivity contribution in [3.05, 3.63) is 56.9 Å². The van der Waals surface area contributed by atoms with Crippen molar-refractivity contribution in [3.8, 4) is 11.5 Å². The number of hydrogen-bond donors (Lipinski definition) is 1. The van der Waals surface area contributed by atoms with Crippen LogP contribution in [0.1, 0.15) is 5.56 Å². The van der Waals surface area contributed by atoms with Crippen LogP contribution >= 0.6 is 47.2 Å². The predicted molar refractivity (Wildman–Crippen MR) is 107 cm³/mol. The normalized spacial score (nSPS) is 16.0. The van der Waals surface area contributed by atoms with Crippen LogP contribution in [-0.2, 0) is 4.79 Å². The molecule has 0 spiro atoms. The number of benzene rings is 2. The quantitative estimate of drug-likeness (QED) is 0.561. The molecule has 4 nitrogen and oxygen atoms in total. The Hall–Kier alpha value is -1.73. The number of hydrogen-bond acceptors (Lipinski definition) is 5. The van der Waals surface area contributed by atoms with Crippen LogP contribution in [0.4, 0.5) is 5.69 Å². The summed E-state index contributed by atoms with van der Waals surface area (Å²) in [6.45, 7) is 0. The largest absolute Gasteiger partial charge is 0.504 e. The first kappa shape index (κ1) is 18.1. The van der Waals surface area contributed by atoms with E-state index in [1.807, 2.05) is 0 Å². The highest BCUT2D eigenvalue weighted by atomic mass is 35.5. The van der Waals surface area contributed by atoms with Crippen LogP contribution in [0.2, 0.25) is 10.0 Å². The maximum Gasteiger partial charge on any atom is 0.270 e. The standard InChI is InChI=1S/C17H11Cl2NO3S2/c1-23-13-8-11(19)6-9(15(13)21)7-14-16(22)20(17(24)25-14)12-4-2-10(18)3-5-12/h2-8,21H,1H3/b14-7+. The lowest BCUT2D eigenvalue weighted by Crippen LogP contribution is -2.27. The molecule has 0 atom stereocenters. The average Bonchev–Trinajstić information content (AvgIpc) is 2.85. The lowest BCUT2D eigenvalue weighted by molar-refractivity contribution is -0.113. The SMILES string of the molecule is COc1cc(Cl)cc(/C=C2/SC(=S)N(c3ccc(Cl)cc3)C2=O)c1O. The van der Waals surface area contributed by atoms with E-state index >= 15 is 0 Å². The number of anilines is 1. The number of phenolic OH excluding ortho intramolecular Hbond substituents is 1. The van der Waals surface area contributed by atoms with E-state index in [0.29, 0.717) is 30.5 Å². The summed E-state index contributed by atoms with van der Waals surface area (Å²) in [4.78, 5) is 14.5. The van der Waals surface area contributed by atoms with Gasteiger partial charge in [0.2, 0.25) is 0 Å². The number of carbonyl (C=O) groups is 1. The van der Waals surface area contributed by atoms with Gasteiger partial charge in [-0.05, 0) is 36.4 Å². The van der Waals surface area contributed by atoms with Gasteiger partial charge in [0.1, 0.15) is 0 Å². The summed E-state index contributed by atoms with van der Waals surface area (Å²) in [6.07, 6.45) is 1.54. The highest BCUT2D eigenvalue weighted by Gasteiger charge is 2.33. The Morgan fingerprint density at radius 3 is 2.52 bits per heavy atom. The Morgan fingerprint density at radius 2 is 1.88 bits per heavy atom. The fraction of sp³-hybridized carbons (Fsp3) is 0.0588. The smallest absolute Gasteiger partial charge is 0.270 e. The molecule has 1 amide bonds. The summed E-state index contributed by atoms with van der Waals surface area (Å²) < 4.78 is 5.47. The summed E-state index contributed by atoms with van der Waals surface area (Å²) in [5.74, 6) is -0.147. The number of carbonyl (C=O) groups excluding carboxylic acids is 1. The molecular weight excluding hydrogens is 401 g/mol. The van der Waals surface area contributed by atoms with E-state index in [0.717, 1.165) is 11.8 Å². The molecule has 0 aromatic heterocycles. The maximum absolute atomic E-state index is 12.7. The molecule has 1 N–H and O–H groups in total. The van der Waals surface area contributed by atoms with Crippen LogP contribution < -0.4 is 9.64 Å². The van der Waals surface area contributed by atoms with Gasteiger partial charge < -0.3 is 9.84 Å². The second-order valence-electron chi connectivity index (χ2n) is 5.04. The summed E-state index contributed by atoms with van der Waals surface area (Å²) in [5.41, 5.74) is 1.00. The first-order chi connectivity index (χ1) is 11.9. The van der Waals surface area contributed by atoms with Gasteiger partial charge in [-0.1, -0.05) is 47.2 Å². The van der Waals surface area contributed by atoms with Crippen molar-refractivity contribution in [3.63, 3.8) is 0 Å². The molecule has 25 heavy (non-hydrogen) atoms. The van der Waals surface area contributed by atoms with Crippen molar-refractivity contribution in [1.29, 1.82) is 0 Å². The Labute approximate surface area is 164 Å². The Kier molecular flexibility index (Phi) is 5.24. The van der Waals surface area contributed by atoms with Crippen LogP contribution in [0.25, 0.3) is 6.08 Å². The minimum absolute atomic E-state index is 0.0938. The molecule has 128 valence electrons. The number of rotatable bonds is 3. The number of halogens is 2. The second kappa shape index (κ2) is 7.25. The third kappa shape index (κ3) is 3.62. The van der Waals surface area contributed by atoms with Gasteiger partial charge in [0.25, 0.3) is 5.91 Å². The van der Waals surface area contributed by atoms with E-state index in [9.17, 15) is 9.90 Å². The zero-order valence-electron chi connectivity index (χ0n) is 12.8. The van der Waals surface area contributed by atoms with Gasteiger partial charge in [0.15, 0.2) is 15.8 Å². The van der Waals surface area contributed by atoms with Crippen LogP contribution in [0.3, 0.4) is 0 Å². The molecule has 3 rings (SSSR count). The molecule has 2 aromatic carbocycles. The summed E-state index contributed by atoms with van der Waals surface area (Å²) in [5, 5.41) is 11.2. The van der Waals surface area contributed by atoms with E-state index in [1.165, 1.54) is 18.1 Å². The number of nitrogens with zero attached hydrogens (tertiary/aromatic N) is 1. The molecule has 0 saturated carbocycles. The van der Waals surface area contributed by atoms with Gasteiger partial charge in [-0.2, -0.15) is 0 Å². The van der Waals surface area contributed by atoms with Crippen LogP contribution in [0, 0.1) is 0 Å². The van der Waals surface area contributed by atoms with E-state index in [2.05, 4.69) is 0 Å². The fourth-order valence-electron chi connectivity index (χ4n) is 2.28. The first-order valence-electron chi connectivity index (χ1n) is 7.00. The van der Waals surface area contributed by atoms with Gasteiger partial charge >= 0.3 is 0 Å². The van der Waals surface area contributed by atoms with Crippen molar-refractivity contribution in [2.24, 2.45) is 0 Å². The molecule has 1 fully saturated rings. The Bertz CT molecular complexity index is 898. The summed E-state index contributed by atoms with van der Waals surface area (Å²) in [7, 11) is 1.43. The molecule has 0 bridgehead atoms. The van der Waals surface area contributed by atoms with Gasteiger partial charge in [-0.25, -0.2) is 0 Å². The fourth-order valence-corrected chi connectivity index (χ4v) is 3.91. The average molecular weight is 412 g/mol. The van der Waals surface area contributed by atoms with Gasteiger partial charge in [0.05, 0.1) is 17.7 Å². The summed E-state index contributed by atoms with van der Waals surface area (Å²) in [6, 6.07) is 9.85. The molecule has 0 radical (unpaired) electrons. The van der Waals surface area contributed by atoms with Crippen molar-refractivity contribution in [2.45, 2.75) is 0 Å². The van der Waals surface area contributed by atoms with Gasteiger partial charge in [0, 0.05) is 21.7 Å². The minimum Gasteiger partial charge on any atom is -0.504 e. The van der Waals surface area contributed by atoms with E-state index in [4.69, 9.17) is 40.2 Å². The van der Waals surface area contributed by atoms with Gasteiger partial charge in [-0.15, -0.1) is 0 Å². The molecule has 0 unspecified atom stereocenters. The third-order valence-corrected chi connectivity index (χ3v) is 5.23. The minimum atomic E-state index is -0.282. The number of amides is 1. The monoisotopic (exact) mass is 411 g/mol. The van der Waals surface area contributed by atoms with Crippen molar-refractivity contribution in [2.75, 3.05) is 12.0 Å². The second-order valence-corrected chi connectivity index (χ2v) is 7.59. The van der Waals surface area contributed by atoms with Crippen LogP contribution in [0.5, 0.6) is 11.5 Å². The number of methoxy groups -OCH3 is 1. The van der Waals surface area contributed by atoms with E-state index in [1.54, 1.807) is 36.4 Å². The lowest BCUT2D eigenvalue weighted by Gasteiger charge is -2.14. The van der Waals surface area contributed by atoms with Crippen LogP contribution in [-0.4, -0.2) is 22.4 Å². The van der Waals surface area contributed by atoms with Crippen LogP contribution in [0.15, 0.2) is 41.3 Å². The predicted octanol–water partition coefficient (Wildman–Crippen LogP) is 5.11. The zero-order valence-corrected chi connectivity index (χ0v) is 16.0. The zero-order chi connectivity index (χ0) is 18.1.